The summed E-state index contributed by atoms with van der Waals surface area (Å²) in [5.74, 6) is 0.538. The van der Waals surface area contributed by atoms with Crippen molar-refractivity contribution in [3.63, 3.8) is 0 Å². The number of ether oxygens (including phenoxy) is 1. The van der Waals surface area contributed by atoms with Crippen LogP contribution in [0, 0.1) is 5.41 Å². The molecule has 1 aliphatic heterocycles. The lowest BCUT2D eigenvalue weighted by atomic mass is 10.0. The third-order valence-electron chi connectivity index (χ3n) is 6.39. The van der Waals surface area contributed by atoms with Gasteiger partial charge in [0, 0.05) is 42.5 Å². The molecule has 7 heteroatoms. The Kier molecular flexibility index (Phi) is 7.21. The van der Waals surface area contributed by atoms with Crippen LogP contribution in [-0.4, -0.2) is 27.8 Å². The molecular weight excluding hydrogens is 464 g/mol. The monoisotopic (exact) mass is 492 g/mol. The minimum atomic E-state index is -0.195. The van der Waals surface area contributed by atoms with Crippen LogP contribution in [0.3, 0.4) is 0 Å². The van der Waals surface area contributed by atoms with Crippen molar-refractivity contribution in [2.75, 3.05) is 6.61 Å². The van der Waals surface area contributed by atoms with E-state index >= 15 is 0 Å². The van der Waals surface area contributed by atoms with Crippen LogP contribution >= 0.6 is 0 Å². The van der Waals surface area contributed by atoms with Crippen LogP contribution < -0.4 is 15.6 Å². The summed E-state index contributed by atoms with van der Waals surface area (Å²) in [6.07, 6.45) is 7.29. The van der Waals surface area contributed by atoms with Crippen molar-refractivity contribution in [3.8, 4) is 5.75 Å². The fraction of sp³-hybridized carbons (Fsp3) is 0.200. The molecule has 0 atom stereocenters. The zero-order valence-corrected chi connectivity index (χ0v) is 20.4. The summed E-state index contributed by atoms with van der Waals surface area (Å²) in [5.41, 5.74) is 5.85. The van der Waals surface area contributed by atoms with Gasteiger partial charge in [-0.1, -0.05) is 36.4 Å². The molecule has 3 heterocycles. The fourth-order valence-corrected chi connectivity index (χ4v) is 4.39. The molecule has 2 aromatic heterocycles. The Morgan fingerprint density at radius 2 is 1.78 bits per heavy atom. The van der Waals surface area contributed by atoms with Gasteiger partial charge < -0.3 is 20.0 Å². The molecule has 0 radical (unpaired) electrons. The molecule has 0 spiro atoms. The van der Waals surface area contributed by atoms with Gasteiger partial charge in [0.2, 0.25) is 0 Å². The van der Waals surface area contributed by atoms with Crippen LogP contribution in [0.4, 0.5) is 0 Å². The topological polar surface area (TPSA) is 97.1 Å². The first kappa shape index (κ1) is 24.2. The van der Waals surface area contributed by atoms with Gasteiger partial charge >= 0.3 is 0 Å². The Bertz CT molecular complexity index is 1490. The van der Waals surface area contributed by atoms with Gasteiger partial charge in [0.05, 0.1) is 18.7 Å². The summed E-state index contributed by atoms with van der Waals surface area (Å²) >= 11 is 0. The molecule has 1 aliphatic rings. The predicted molar refractivity (Wildman–Crippen MR) is 142 cm³/mol. The largest absolute Gasteiger partial charge is 0.493 e. The quantitative estimate of drug-likeness (QED) is 0.401. The molecule has 37 heavy (non-hydrogen) atoms. The van der Waals surface area contributed by atoms with Crippen LogP contribution in [0.25, 0.3) is 0 Å². The smallest absolute Gasteiger partial charge is 0.253 e. The van der Waals surface area contributed by atoms with Gasteiger partial charge in [-0.15, -0.1) is 0 Å². The van der Waals surface area contributed by atoms with E-state index in [1.807, 2.05) is 54.6 Å². The number of hydrogen-bond acceptors (Lipinski definition) is 5. The number of carbonyl (C=O) groups is 1. The highest BCUT2D eigenvalue weighted by Gasteiger charge is 2.15. The van der Waals surface area contributed by atoms with E-state index in [1.54, 1.807) is 35.3 Å². The summed E-state index contributed by atoms with van der Waals surface area (Å²) < 4.78 is 7.39. The Balaban J connectivity index is 1.20. The second-order valence-corrected chi connectivity index (χ2v) is 9.19. The lowest BCUT2D eigenvalue weighted by molar-refractivity contribution is 0.0950. The van der Waals surface area contributed by atoms with Crippen molar-refractivity contribution in [1.29, 1.82) is 5.41 Å². The molecular formula is C30H28N4O3. The zero-order valence-electron chi connectivity index (χ0n) is 20.4. The Morgan fingerprint density at radius 3 is 2.62 bits per heavy atom. The molecule has 7 nitrogen and oxygen atoms in total. The van der Waals surface area contributed by atoms with Crippen molar-refractivity contribution in [2.45, 2.75) is 32.4 Å². The first-order valence-corrected chi connectivity index (χ1v) is 12.3. The Labute approximate surface area is 215 Å². The third-order valence-corrected chi connectivity index (χ3v) is 6.39. The number of amides is 1. The van der Waals surface area contributed by atoms with Gasteiger partial charge in [-0.3, -0.25) is 14.6 Å². The molecule has 0 saturated carbocycles. The van der Waals surface area contributed by atoms with E-state index in [4.69, 9.17) is 10.1 Å². The van der Waals surface area contributed by atoms with Gasteiger partial charge in [0.15, 0.2) is 0 Å². The molecule has 4 aromatic rings. The third kappa shape index (κ3) is 6.01. The van der Waals surface area contributed by atoms with E-state index in [1.165, 1.54) is 0 Å². The highest BCUT2D eigenvalue weighted by molar-refractivity contribution is 6.01. The number of carbonyl (C=O) groups excluding carboxylic acids is 1. The van der Waals surface area contributed by atoms with Crippen molar-refractivity contribution >= 4 is 11.6 Å². The number of benzene rings is 2. The van der Waals surface area contributed by atoms with Crippen LogP contribution in [0.15, 0.2) is 90.1 Å². The van der Waals surface area contributed by atoms with Crippen molar-refractivity contribution in [1.82, 2.24) is 14.9 Å². The molecule has 5 rings (SSSR count). The zero-order chi connectivity index (χ0) is 25.6. The van der Waals surface area contributed by atoms with E-state index in [2.05, 4.69) is 10.3 Å². The lowest BCUT2D eigenvalue weighted by Crippen LogP contribution is -2.23. The van der Waals surface area contributed by atoms with Gasteiger partial charge in [0.25, 0.3) is 11.5 Å². The van der Waals surface area contributed by atoms with E-state index in [9.17, 15) is 9.59 Å². The maximum Gasteiger partial charge on any atom is 0.253 e. The van der Waals surface area contributed by atoms with E-state index in [-0.39, 0.29) is 11.5 Å². The molecule has 0 aliphatic carbocycles. The lowest BCUT2D eigenvalue weighted by Gasteiger charge is -2.11. The van der Waals surface area contributed by atoms with Crippen LogP contribution in [0.2, 0.25) is 0 Å². The molecule has 0 fully saturated rings. The number of nitrogens with zero attached hydrogens (tertiary/aromatic N) is 2. The average molecular weight is 493 g/mol. The fourth-order valence-electron chi connectivity index (χ4n) is 4.39. The first-order valence-electron chi connectivity index (χ1n) is 12.3. The van der Waals surface area contributed by atoms with Crippen molar-refractivity contribution in [3.05, 3.63) is 129 Å². The molecule has 0 saturated heterocycles. The summed E-state index contributed by atoms with van der Waals surface area (Å²) in [6, 6.07) is 20.8. The maximum atomic E-state index is 12.8. The minimum Gasteiger partial charge on any atom is -0.493 e. The highest BCUT2D eigenvalue weighted by Crippen LogP contribution is 2.25. The molecule has 0 unspecified atom stereocenters. The van der Waals surface area contributed by atoms with Gasteiger partial charge in [-0.2, -0.15) is 0 Å². The van der Waals surface area contributed by atoms with E-state index < -0.39 is 0 Å². The van der Waals surface area contributed by atoms with Gasteiger partial charge in [-0.25, -0.2) is 0 Å². The Morgan fingerprint density at radius 1 is 0.973 bits per heavy atom. The molecule has 0 bridgehead atoms. The summed E-state index contributed by atoms with van der Waals surface area (Å²) in [5, 5.41) is 11.2. The summed E-state index contributed by atoms with van der Waals surface area (Å²) in [4.78, 5) is 29.0. The standard InChI is InChI=1S/C30H28N4O3/c31-27-4-3-13-37-28-11-10-23(16-26(27)28)18-33-30(36)25-15-24(17-32-19-25)14-21-6-8-22(9-7-21)20-34-12-2-1-5-29(34)35/h1-2,5-12,15-17,19,31H,3-4,13-14,18,20H2,(H,33,36). The van der Waals surface area contributed by atoms with Gasteiger partial charge in [0.1, 0.15) is 5.75 Å². The van der Waals surface area contributed by atoms with Crippen LogP contribution in [0.5, 0.6) is 5.75 Å². The second-order valence-electron chi connectivity index (χ2n) is 9.19. The average Bonchev–Trinajstić information content (AvgIpc) is 3.10. The van der Waals surface area contributed by atoms with Crippen molar-refractivity contribution in [2.24, 2.45) is 0 Å². The normalized spacial score (nSPS) is 12.8. The predicted octanol–water partition coefficient (Wildman–Crippen LogP) is 4.35. The Hall–Kier alpha value is -4.52. The molecule has 2 aromatic carbocycles. The van der Waals surface area contributed by atoms with E-state index in [0.29, 0.717) is 43.8 Å². The number of hydrogen-bond donors (Lipinski definition) is 2. The van der Waals surface area contributed by atoms with E-state index in [0.717, 1.165) is 40.0 Å². The number of fused-ring (bicyclic) bond motifs is 1. The number of pyridine rings is 2. The maximum absolute atomic E-state index is 12.8. The number of nitrogens with one attached hydrogen (secondary N) is 2. The SMILES string of the molecule is N=C1CCCOc2ccc(CNC(=O)c3cncc(Cc4ccc(Cn5ccccc5=O)cc4)c3)cc21. The number of aromatic nitrogens is 2. The summed E-state index contributed by atoms with van der Waals surface area (Å²) in [6.45, 7) is 1.50. The second kappa shape index (κ2) is 11.0. The molecule has 2 N–H and O–H groups in total. The summed E-state index contributed by atoms with van der Waals surface area (Å²) in [7, 11) is 0. The number of rotatable bonds is 7. The van der Waals surface area contributed by atoms with Gasteiger partial charge in [-0.05, 0) is 65.8 Å². The molecule has 186 valence electrons. The minimum absolute atomic E-state index is 0.0247. The van der Waals surface area contributed by atoms with Crippen LogP contribution in [0.1, 0.15) is 51.0 Å². The van der Waals surface area contributed by atoms with Crippen molar-refractivity contribution < 1.29 is 9.53 Å². The first-order chi connectivity index (χ1) is 18.0. The van der Waals surface area contributed by atoms with Crippen LogP contribution in [-0.2, 0) is 19.5 Å². The highest BCUT2D eigenvalue weighted by atomic mass is 16.5. The molecule has 1 amide bonds.